The van der Waals surface area contributed by atoms with E-state index in [-0.39, 0.29) is 12.6 Å². The molecule has 0 unspecified atom stereocenters. The monoisotopic (exact) mass is 451 g/mol. The zero-order valence-electron chi connectivity index (χ0n) is 19.1. The van der Waals surface area contributed by atoms with Gasteiger partial charge in [-0.3, -0.25) is 9.48 Å². The summed E-state index contributed by atoms with van der Waals surface area (Å²) in [5.74, 6) is 0.510. The lowest BCUT2D eigenvalue weighted by Crippen LogP contribution is -2.14. The highest BCUT2D eigenvalue weighted by Gasteiger charge is 2.12. The van der Waals surface area contributed by atoms with E-state index in [1.54, 1.807) is 23.1 Å². The first-order chi connectivity index (χ1) is 16.5. The summed E-state index contributed by atoms with van der Waals surface area (Å²) in [4.78, 5) is 12.7. The minimum atomic E-state index is -0.296. The number of aromatic nitrogens is 4. The fourth-order valence-corrected chi connectivity index (χ4v) is 3.87. The Kier molecular flexibility index (Phi) is 5.82. The third-order valence-corrected chi connectivity index (χ3v) is 5.67. The summed E-state index contributed by atoms with van der Waals surface area (Å²) < 4.78 is 9.27. The fourth-order valence-electron chi connectivity index (χ4n) is 3.87. The van der Waals surface area contributed by atoms with Crippen LogP contribution in [0.3, 0.4) is 0 Å². The van der Waals surface area contributed by atoms with Gasteiger partial charge in [0, 0.05) is 12.4 Å². The molecule has 5 aromatic rings. The highest BCUT2D eigenvalue weighted by atomic mass is 16.5. The molecule has 0 atom stereocenters. The highest BCUT2D eigenvalue weighted by molar-refractivity contribution is 6.02. The van der Waals surface area contributed by atoms with Gasteiger partial charge in [0.2, 0.25) is 0 Å². The van der Waals surface area contributed by atoms with Gasteiger partial charge < -0.3 is 10.1 Å². The second-order valence-corrected chi connectivity index (χ2v) is 8.30. The Balaban J connectivity index is 1.22. The molecule has 0 aliphatic heterocycles. The highest BCUT2D eigenvalue weighted by Crippen LogP contribution is 2.21. The van der Waals surface area contributed by atoms with Crippen molar-refractivity contribution in [3.8, 4) is 5.75 Å². The molecule has 0 bridgehead atoms. The molecule has 7 nitrogen and oxygen atoms in total. The van der Waals surface area contributed by atoms with E-state index in [0.717, 1.165) is 16.9 Å². The van der Waals surface area contributed by atoms with Crippen molar-refractivity contribution >= 4 is 22.4 Å². The lowest BCUT2D eigenvalue weighted by Gasteiger charge is -2.09. The third-order valence-electron chi connectivity index (χ3n) is 5.67. The van der Waals surface area contributed by atoms with Crippen molar-refractivity contribution in [1.82, 2.24) is 19.6 Å². The van der Waals surface area contributed by atoms with Gasteiger partial charge in [0.1, 0.15) is 5.75 Å². The van der Waals surface area contributed by atoms with E-state index in [9.17, 15) is 4.79 Å². The van der Waals surface area contributed by atoms with Crippen LogP contribution in [0, 0.1) is 13.8 Å². The molecule has 5 rings (SSSR count). The maximum atomic E-state index is 12.7. The van der Waals surface area contributed by atoms with Gasteiger partial charge in [0.15, 0.2) is 12.4 Å². The van der Waals surface area contributed by atoms with Crippen LogP contribution in [0.4, 0.5) is 5.69 Å². The number of rotatable bonds is 7. The van der Waals surface area contributed by atoms with Crippen molar-refractivity contribution in [3.63, 3.8) is 0 Å². The lowest BCUT2D eigenvalue weighted by atomic mass is 10.0. The second kappa shape index (κ2) is 9.23. The van der Waals surface area contributed by atoms with Gasteiger partial charge in [-0.15, -0.1) is 0 Å². The van der Waals surface area contributed by atoms with Crippen molar-refractivity contribution in [3.05, 3.63) is 108 Å². The first-order valence-corrected chi connectivity index (χ1v) is 11.1. The first kappa shape index (κ1) is 21.5. The van der Waals surface area contributed by atoms with Crippen molar-refractivity contribution in [2.45, 2.75) is 27.1 Å². The molecule has 170 valence electrons. The molecule has 1 amide bonds. The number of carbonyl (C=O) groups is 1. The number of carbonyl (C=O) groups excluding carboxylic acids is 1. The number of nitrogens with one attached hydrogen (secondary N) is 1. The molecule has 0 spiro atoms. The van der Waals surface area contributed by atoms with E-state index >= 15 is 0 Å². The number of hydrogen-bond acceptors (Lipinski definition) is 4. The average Bonchev–Trinajstić information content (AvgIpc) is 3.49. The summed E-state index contributed by atoms with van der Waals surface area (Å²) in [6.07, 6.45) is 5.19. The smallest absolute Gasteiger partial charge is 0.276 e. The number of amides is 1. The Labute approximate surface area is 197 Å². The number of nitrogens with zero attached hydrogens (tertiary/aromatic N) is 4. The van der Waals surface area contributed by atoms with E-state index in [1.807, 2.05) is 61.1 Å². The van der Waals surface area contributed by atoms with Crippen LogP contribution >= 0.6 is 0 Å². The van der Waals surface area contributed by atoms with E-state index in [0.29, 0.717) is 17.9 Å². The van der Waals surface area contributed by atoms with Gasteiger partial charge in [-0.05, 0) is 53.4 Å². The van der Waals surface area contributed by atoms with Crippen LogP contribution in [0.25, 0.3) is 10.8 Å². The fraction of sp³-hybridized carbons (Fsp3) is 0.148. The molecule has 34 heavy (non-hydrogen) atoms. The Morgan fingerprint density at radius 1 is 1.00 bits per heavy atom. The molecule has 0 fully saturated rings. The van der Waals surface area contributed by atoms with Gasteiger partial charge in [0.25, 0.3) is 5.91 Å². The summed E-state index contributed by atoms with van der Waals surface area (Å²) >= 11 is 0. The average molecular weight is 452 g/mol. The molecule has 1 N–H and O–H groups in total. The first-order valence-electron chi connectivity index (χ1n) is 11.1. The Bertz CT molecular complexity index is 1460. The summed E-state index contributed by atoms with van der Waals surface area (Å²) in [7, 11) is 0. The van der Waals surface area contributed by atoms with Crippen molar-refractivity contribution in [2.75, 3.05) is 5.32 Å². The van der Waals surface area contributed by atoms with Crippen LogP contribution in [-0.4, -0.2) is 25.5 Å². The molecular formula is C27H25N5O2. The molecule has 3 aromatic carbocycles. The van der Waals surface area contributed by atoms with E-state index in [4.69, 9.17) is 4.74 Å². The number of benzene rings is 3. The number of aryl methyl sites for hydroxylation is 2. The summed E-state index contributed by atoms with van der Waals surface area (Å²) in [5.41, 5.74) is 4.28. The van der Waals surface area contributed by atoms with Gasteiger partial charge >= 0.3 is 0 Å². The zero-order valence-corrected chi connectivity index (χ0v) is 19.1. The van der Waals surface area contributed by atoms with Crippen LogP contribution in [0.5, 0.6) is 5.75 Å². The molecular weight excluding hydrogens is 426 g/mol. The van der Waals surface area contributed by atoms with Crippen LogP contribution < -0.4 is 10.1 Å². The summed E-state index contributed by atoms with van der Waals surface area (Å²) in [6, 6.07) is 22.2. The van der Waals surface area contributed by atoms with Gasteiger partial charge in [0.05, 0.1) is 18.4 Å². The molecule has 0 aliphatic rings. The van der Waals surface area contributed by atoms with Crippen LogP contribution in [-0.2, 0) is 13.3 Å². The van der Waals surface area contributed by atoms with Crippen molar-refractivity contribution < 1.29 is 9.53 Å². The largest absolute Gasteiger partial charge is 0.471 e. The predicted octanol–water partition coefficient (Wildman–Crippen LogP) is 5.19. The van der Waals surface area contributed by atoms with Gasteiger partial charge in [-0.25, -0.2) is 4.68 Å². The minimum Gasteiger partial charge on any atom is -0.471 e. The number of fused-ring (bicyclic) bond motifs is 1. The van der Waals surface area contributed by atoms with Gasteiger partial charge in [-0.1, -0.05) is 54.6 Å². The van der Waals surface area contributed by atoms with Crippen LogP contribution in [0.15, 0.2) is 85.3 Å². The predicted molar refractivity (Wildman–Crippen MR) is 132 cm³/mol. The van der Waals surface area contributed by atoms with Crippen molar-refractivity contribution in [1.29, 1.82) is 0 Å². The van der Waals surface area contributed by atoms with Crippen LogP contribution in [0.1, 0.15) is 27.2 Å². The molecule has 2 heterocycles. The number of hydrogen-bond donors (Lipinski definition) is 1. The van der Waals surface area contributed by atoms with Gasteiger partial charge in [-0.2, -0.15) is 10.2 Å². The third kappa shape index (κ3) is 4.68. The molecule has 0 radical (unpaired) electrons. The molecule has 0 saturated carbocycles. The zero-order chi connectivity index (χ0) is 23.5. The minimum absolute atomic E-state index is 0.223. The van der Waals surface area contributed by atoms with Crippen molar-refractivity contribution in [2.24, 2.45) is 0 Å². The maximum absolute atomic E-state index is 12.7. The Hall–Kier alpha value is -4.39. The molecule has 0 aliphatic carbocycles. The SMILES string of the molecule is Cc1ccc(C)c(OCn2ccc(C(=O)Nc3cnn(Cc4cccc5ccccc45)c3)n2)c1. The van der Waals surface area contributed by atoms with E-state index in [1.165, 1.54) is 16.3 Å². The lowest BCUT2D eigenvalue weighted by molar-refractivity contribution is 0.102. The molecule has 0 saturated heterocycles. The summed E-state index contributed by atoms with van der Waals surface area (Å²) in [6.45, 7) is 4.85. The van der Waals surface area contributed by atoms with E-state index in [2.05, 4.69) is 39.8 Å². The standard InChI is InChI=1S/C27H25N5O2/c1-19-10-11-20(2)26(14-19)34-18-31-13-12-25(30-31)27(33)29-23-15-28-32(17-23)16-22-8-5-7-21-6-3-4-9-24(21)22/h3-15,17H,16,18H2,1-2H3,(H,29,33). The Morgan fingerprint density at radius 3 is 2.76 bits per heavy atom. The number of anilines is 1. The summed E-state index contributed by atoms with van der Waals surface area (Å²) in [5, 5.41) is 14.0. The van der Waals surface area contributed by atoms with E-state index < -0.39 is 0 Å². The molecule has 2 aromatic heterocycles. The quantitative estimate of drug-likeness (QED) is 0.370. The van der Waals surface area contributed by atoms with Crippen LogP contribution in [0.2, 0.25) is 0 Å². The topological polar surface area (TPSA) is 74.0 Å². The Morgan fingerprint density at radius 2 is 1.85 bits per heavy atom. The number of ether oxygens (including phenoxy) is 1. The second-order valence-electron chi connectivity index (χ2n) is 8.30. The molecule has 7 heteroatoms. The maximum Gasteiger partial charge on any atom is 0.276 e. The normalized spacial score (nSPS) is 11.0.